The molecule has 0 atom stereocenters. The van der Waals surface area contributed by atoms with Crippen LogP contribution >= 0.6 is 0 Å². The van der Waals surface area contributed by atoms with Gasteiger partial charge >= 0.3 is 6.18 Å². The first-order valence-electron chi connectivity index (χ1n) is 9.34. The highest BCUT2D eigenvalue weighted by atomic mass is 19.4. The van der Waals surface area contributed by atoms with E-state index in [0.29, 0.717) is 17.1 Å². The standard InChI is InChI=1S/C20H22F3N5O/c1-29-16-4-2-15(3-5-16)28-18-8-19(26-11-13(18)9-24)27-12-14-10-25-7-6-17(14)20(21,22)23/h6-8,10-11,15-16H,2-5,12H2,1H3,(H2,26,27,28). The van der Waals surface area contributed by atoms with E-state index in [2.05, 4.69) is 26.7 Å². The minimum Gasteiger partial charge on any atom is -0.381 e. The van der Waals surface area contributed by atoms with Gasteiger partial charge in [-0.05, 0) is 31.7 Å². The van der Waals surface area contributed by atoms with Crippen molar-refractivity contribution in [3.63, 3.8) is 0 Å². The maximum Gasteiger partial charge on any atom is 0.416 e. The molecule has 2 N–H and O–H groups in total. The van der Waals surface area contributed by atoms with Gasteiger partial charge in [0.2, 0.25) is 0 Å². The molecule has 0 amide bonds. The monoisotopic (exact) mass is 405 g/mol. The van der Waals surface area contributed by atoms with Crippen molar-refractivity contribution >= 4 is 11.5 Å². The van der Waals surface area contributed by atoms with Crippen molar-refractivity contribution in [1.29, 1.82) is 5.26 Å². The van der Waals surface area contributed by atoms with Crippen molar-refractivity contribution in [3.05, 3.63) is 47.4 Å². The Balaban J connectivity index is 1.70. The normalized spacial score (nSPS) is 19.4. The lowest BCUT2D eigenvalue weighted by atomic mass is 9.92. The zero-order valence-corrected chi connectivity index (χ0v) is 16.0. The van der Waals surface area contributed by atoms with E-state index in [-0.39, 0.29) is 24.3 Å². The summed E-state index contributed by atoms with van der Waals surface area (Å²) >= 11 is 0. The van der Waals surface area contributed by atoms with Crippen LogP contribution in [0, 0.1) is 11.3 Å². The van der Waals surface area contributed by atoms with E-state index in [1.54, 1.807) is 13.2 Å². The molecule has 3 rings (SSSR count). The van der Waals surface area contributed by atoms with Crippen LogP contribution in [-0.2, 0) is 17.5 Å². The lowest BCUT2D eigenvalue weighted by Gasteiger charge is -2.29. The number of halogens is 3. The first-order valence-corrected chi connectivity index (χ1v) is 9.34. The Morgan fingerprint density at radius 2 is 2.00 bits per heavy atom. The molecule has 6 nitrogen and oxygen atoms in total. The fraction of sp³-hybridized carbons (Fsp3) is 0.450. The van der Waals surface area contributed by atoms with Gasteiger partial charge in [-0.25, -0.2) is 4.98 Å². The minimum absolute atomic E-state index is 0.0264. The number of hydrogen-bond acceptors (Lipinski definition) is 6. The smallest absolute Gasteiger partial charge is 0.381 e. The van der Waals surface area contributed by atoms with E-state index in [9.17, 15) is 18.4 Å². The highest BCUT2D eigenvalue weighted by Gasteiger charge is 2.33. The van der Waals surface area contributed by atoms with Crippen LogP contribution in [0.3, 0.4) is 0 Å². The van der Waals surface area contributed by atoms with Gasteiger partial charge in [0, 0.05) is 49.9 Å². The molecule has 0 bridgehead atoms. The predicted octanol–water partition coefficient (Wildman–Crippen LogP) is 4.35. The van der Waals surface area contributed by atoms with E-state index in [1.165, 1.54) is 12.4 Å². The van der Waals surface area contributed by atoms with E-state index < -0.39 is 11.7 Å². The third-order valence-corrected chi connectivity index (χ3v) is 5.06. The number of nitrogens with zero attached hydrogens (tertiary/aromatic N) is 3. The van der Waals surface area contributed by atoms with Crippen molar-refractivity contribution < 1.29 is 17.9 Å². The summed E-state index contributed by atoms with van der Waals surface area (Å²) in [4.78, 5) is 7.92. The summed E-state index contributed by atoms with van der Waals surface area (Å²) < 4.78 is 44.7. The molecular formula is C20H22F3N5O. The molecule has 0 spiro atoms. The molecule has 0 radical (unpaired) electrons. The zero-order chi connectivity index (χ0) is 20.9. The Morgan fingerprint density at radius 1 is 1.24 bits per heavy atom. The second-order valence-corrected chi connectivity index (χ2v) is 6.96. The average Bonchev–Trinajstić information content (AvgIpc) is 2.72. The highest BCUT2D eigenvalue weighted by molar-refractivity contribution is 5.62. The van der Waals surface area contributed by atoms with Crippen molar-refractivity contribution in [2.75, 3.05) is 17.7 Å². The molecule has 2 heterocycles. The predicted molar refractivity (Wildman–Crippen MR) is 102 cm³/mol. The van der Waals surface area contributed by atoms with E-state index in [4.69, 9.17) is 4.74 Å². The summed E-state index contributed by atoms with van der Waals surface area (Å²) in [6, 6.07) is 4.91. The Kier molecular flexibility index (Phi) is 6.54. The first-order chi connectivity index (χ1) is 13.9. The second kappa shape index (κ2) is 9.09. The average molecular weight is 405 g/mol. The van der Waals surface area contributed by atoms with Crippen molar-refractivity contribution in [3.8, 4) is 6.07 Å². The van der Waals surface area contributed by atoms with Gasteiger partial charge in [0.15, 0.2) is 0 Å². The largest absolute Gasteiger partial charge is 0.416 e. The number of pyridine rings is 2. The van der Waals surface area contributed by atoms with Gasteiger partial charge in [-0.15, -0.1) is 0 Å². The Hall–Kier alpha value is -2.86. The summed E-state index contributed by atoms with van der Waals surface area (Å²) in [5, 5.41) is 15.6. The molecule has 0 saturated heterocycles. The number of methoxy groups -OCH3 is 1. The van der Waals surface area contributed by atoms with E-state index in [0.717, 1.165) is 37.9 Å². The van der Waals surface area contributed by atoms with Gasteiger partial charge in [0.05, 0.1) is 22.9 Å². The molecule has 9 heteroatoms. The maximum atomic E-state index is 13.1. The van der Waals surface area contributed by atoms with E-state index >= 15 is 0 Å². The molecule has 2 aromatic heterocycles. The van der Waals surface area contributed by atoms with Gasteiger partial charge in [-0.1, -0.05) is 0 Å². The summed E-state index contributed by atoms with van der Waals surface area (Å²) in [6.45, 7) is -0.0834. The number of nitrogens with one attached hydrogen (secondary N) is 2. The van der Waals surface area contributed by atoms with Crippen LogP contribution in [-0.4, -0.2) is 29.2 Å². The lowest BCUT2D eigenvalue weighted by Crippen LogP contribution is -2.29. The molecule has 1 fully saturated rings. The minimum atomic E-state index is -4.45. The molecule has 29 heavy (non-hydrogen) atoms. The zero-order valence-electron chi connectivity index (χ0n) is 16.0. The number of hydrogen-bond donors (Lipinski definition) is 2. The van der Waals surface area contributed by atoms with Crippen LogP contribution in [0.25, 0.3) is 0 Å². The third kappa shape index (κ3) is 5.35. The van der Waals surface area contributed by atoms with Crippen molar-refractivity contribution in [2.24, 2.45) is 0 Å². The molecule has 1 aliphatic carbocycles. The quantitative estimate of drug-likeness (QED) is 0.744. The Labute approximate surface area is 167 Å². The van der Waals surface area contributed by atoms with Gasteiger partial charge in [0.1, 0.15) is 11.9 Å². The number of nitriles is 1. The molecule has 154 valence electrons. The summed E-state index contributed by atoms with van der Waals surface area (Å²) in [5.41, 5.74) is 0.301. The first kappa shape index (κ1) is 20.9. The van der Waals surface area contributed by atoms with Gasteiger partial charge in [-0.2, -0.15) is 18.4 Å². The van der Waals surface area contributed by atoms with Crippen LogP contribution in [0.15, 0.2) is 30.7 Å². The van der Waals surface area contributed by atoms with Gasteiger partial charge < -0.3 is 15.4 Å². The van der Waals surface area contributed by atoms with Crippen LogP contribution in [0.5, 0.6) is 0 Å². The lowest BCUT2D eigenvalue weighted by molar-refractivity contribution is -0.138. The summed E-state index contributed by atoms with van der Waals surface area (Å²) in [5.74, 6) is 0.383. The molecule has 2 aromatic rings. The topological polar surface area (TPSA) is 82.9 Å². The van der Waals surface area contributed by atoms with Gasteiger partial charge in [-0.3, -0.25) is 4.98 Å². The molecule has 1 aliphatic rings. The van der Waals surface area contributed by atoms with Gasteiger partial charge in [0.25, 0.3) is 0 Å². The molecule has 0 aliphatic heterocycles. The second-order valence-electron chi connectivity index (χ2n) is 6.96. The van der Waals surface area contributed by atoms with Crippen LogP contribution in [0.1, 0.15) is 42.4 Å². The SMILES string of the molecule is COC1CCC(Nc2cc(NCc3cnccc3C(F)(F)F)ncc2C#N)CC1. The van der Waals surface area contributed by atoms with Crippen molar-refractivity contribution in [1.82, 2.24) is 9.97 Å². The summed E-state index contributed by atoms with van der Waals surface area (Å²) in [6.07, 6.45) is 3.24. The fourth-order valence-electron chi connectivity index (χ4n) is 3.45. The summed E-state index contributed by atoms with van der Waals surface area (Å²) in [7, 11) is 1.71. The number of anilines is 2. The van der Waals surface area contributed by atoms with Crippen LogP contribution < -0.4 is 10.6 Å². The Bertz CT molecular complexity index is 873. The van der Waals surface area contributed by atoms with Crippen LogP contribution in [0.2, 0.25) is 0 Å². The number of ether oxygens (including phenoxy) is 1. The fourth-order valence-corrected chi connectivity index (χ4v) is 3.45. The molecular weight excluding hydrogens is 383 g/mol. The van der Waals surface area contributed by atoms with E-state index in [1.807, 2.05) is 0 Å². The maximum absolute atomic E-state index is 13.1. The number of alkyl halides is 3. The number of aromatic nitrogens is 2. The van der Waals surface area contributed by atoms with Crippen LogP contribution in [0.4, 0.5) is 24.7 Å². The molecule has 1 saturated carbocycles. The highest BCUT2D eigenvalue weighted by Crippen LogP contribution is 2.32. The number of rotatable bonds is 6. The molecule has 0 unspecified atom stereocenters. The van der Waals surface area contributed by atoms with Crippen molar-refractivity contribution in [2.45, 2.75) is 50.6 Å². The third-order valence-electron chi connectivity index (χ3n) is 5.06. The molecule has 0 aromatic carbocycles. The Morgan fingerprint density at radius 3 is 2.66 bits per heavy atom.